The van der Waals surface area contributed by atoms with Crippen LogP contribution in [-0.4, -0.2) is 38.4 Å². The molecule has 1 N–H and O–H groups in total. The van der Waals surface area contributed by atoms with Gasteiger partial charge in [-0.1, -0.05) is 5.16 Å². The van der Waals surface area contributed by atoms with Crippen LogP contribution in [-0.2, 0) is 0 Å². The fourth-order valence-electron chi connectivity index (χ4n) is 1.39. The normalized spacial score (nSPS) is 11.5. The number of aromatic nitrogens is 4. The quantitative estimate of drug-likeness (QED) is 0.356. The SMILES string of the molecule is COc1ccc(/C(=N\O)n2nnnc2C)cc1. The number of nitrogens with zero attached hydrogens (tertiary/aromatic N) is 5. The zero-order chi connectivity index (χ0) is 12.3. The Morgan fingerprint density at radius 1 is 1.35 bits per heavy atom. The summed E-state index contributed by atoms with van der Waals surface area (Å²) in [4.78, 5) is 0. The number of hydrogen-bond acceptors (Lipinski definition) is 6. The highest BCUT2D eigenvalue weighted by atomic mass is 16.5. The Kier molecular flexibility index (Phi) is 2.99. The number of ether oxygens (including phenoxy) is 1. The third-order valence-corrected chi connectivity index (χ3v) is 2.27. The molecule has 0 radical (unpaired) electrons. The van der Waals surface area contributed by atoms with E-state index >= 15 is 0 Å². The second kappa shape index (κ2) is 4.60. The first kappa shape index (κ1) is 11.1. The summed E-state index contributed by atoms with van der Waals surface area (Å²) in [6.07, 6.45) is 0. The molecule has 1 aromatic carbocycles. The highest BCUT2D eigenvalue weighted by molar-refractivity contribution is 5.99. The van der Waals surface area contributed by atoms with Crippen LogP contribution in [0.15, 0.2) is 29.4 Å². The van der Waals surface area contributed by atoms with E-state index in [9.17, 15) is 0 Å². The topological polar surface area (TPSA) is 85.4 Å². The Bertz CT molecular complexity index is 532. The molecule has 7 heteroatoms. The first-order valence-electron chi connectivity index (χ1n) is 4.88. The fourth-order valence-corrected chi connectivity index (χ4v) is 1.39. The molecule has 0 bridgehead atoms. The Hall–Kier alpha value is -2.44. The van der Waals surface area contributed by atoms with E-state index < -0.39 is 0 Å². The van der Waals surface area contributed by atoms with Crippen molar-refractivity contribution < 1.29 is 9.94 Å². The van der Waals surface area contributed by atoms with Crippen molar-refractivity contribution in [1.82, 2.24) is 20.2 Å². The highest BCUT2D eigenvalue weighted by Crippen LogP contribution is 2.12. The molecule has 0 atom stereocenters. The molecule has 0 fully saturated rings. The molecule has 2 rings (SSSR count). The molecule has 0 saturated heterocycles. The van der Waals surface area contributed by atoms with Gasteiger partial charge in [0.2, 0.25) is 5.84 Å². The average Bonchev–Trinajstić information content (AvgIpc) is 2.78. The van der Waals surface area contributed by atoms with Gasteiger partial charge in [-0.15, -0.1) is 5.10 Å². The molecule has 7 nitrogen and oxygen atoms in total. The Labute approximate surface area is 97.3 Å². The smallest absolute Gasteiger partial charge is 0.203 e. The standard InChI is InChI=1S/C10H11N5O2/c1-7-11-13-14-15(7)10(12-16)8-3-5-9(17-2)6-4-8/h3-6,16H,1-2H3/b12-10+. The van der Waals surface area contributed by atoms with Crippen molar-refractivity contribution in [2.45, 2.75) is 6.92 Å². The van der Waals surface area contributed by atoms with E-state index in [0.717, 1.165) is 5.75 Å². The number of methoxy groups -OCH3 is 1. The van der Waals surface area contributed by atoms with E-state index in [-0.39, 0.29) is 5.84 Å². The van der Waals surface area contributed by atoms with Gasteiger partial charge in [-0.05, 0) is 41.6 Å². The second-order valence-electron chi connectivity index (χ2n) is 3.29. The van der Waals surface area contributed by atoms with Crippen molar-refractivity contribution in [2.24, 2.45) is 5.16 Å². The molecule has 0 amide bonds. The van der Waals surface area contributed by atoms with Crippen LogP contribution in [0.2, 0.25) is 0 Å². The molecule has 88 valence electrons. The summed E-state index contributed by atoms with van der Waals surface area (Å²) in [6.45, 7) is 1.72. The van der Waals surface area contributed by atoms with Crippen LogP contribution in [0.5, 0.6) is 5.75 Å². The third-order valence-electron chi connectivity index (χ3n) is 2.27. The van der Waals surface area contributed by atoms with Crippen LogP contribution in [0.1, 0.15) is 11.4 Å². The molecule has 2 aromatic rings. The monoisotopic (exact) mass is 233 g/mol. The van der Waals surface area contributed by atoms with Crippen molar-refractivity contribution in [3.63, 3.8) is 0 Å². The van der Waals surface area contributed by atoms with Gasteiger partial charge in [0.15, 0.2) is 5.82 Å². The number of hydrogen-bond donors (Lipinski definition) is 1. The maximum absolute atomic E-state index is 9.04. The van der Waals surface area contributed by atoms with Crippen molar-refractivity contribution in [1.29, 1.82) is 0 Å². The van der Waals surface area contributed by atoms with Crippen LogP contribution in [0, 0.1) is 6.92 Å². The molecule has 1 heterocycles. The number of tetrazole rings is 1. The number of benzene rings is 1. The third kappa shape index (κ3) is 2.07. The molecule has 0 spiro atoms. The minimum atomic E-state index is 0.259. The number of rotatable bonds is 2. The predicted octanol–water partition coefficient (Wildman–Crippen LogP) is 0.674. The second-order valence-corrected chi connectivity index (χ2v) is 3.29. The van der Waals surface area contributed by atoms with Crippen molar-refractivity contribution in [2.75, 3.05) is 7.11 Å². The summed E-state index contributed by atoms with van der Waals surface area (Å²) in [7, 11) is 1.58. The molecule has 17 heavy (non-hydrogen) atoms. The van der Waals surface area contributed by atoms with Crippen LogP contribution in [0.25, 0.3) is 0 Å². The van der Waals surface area contributed by atoms with Gasteiger partial charge in [-0.25, -0.2) is 0 Å². The van der Waals surface area contributed by atoms with Crippen molar-refractivity contribution >= 4 is 5.84 Å². The first-order chi connectivity index (χ1) is 8.26. The molecule has 0 aliphatic rings. The summed E-state index contributed by atoms with van der Waals surface area (Å²) in [5.41, 5.74) is 0.684. The summed E-state index contributed by atoms with van der Waals surface area (Å²) in [6, 6.07) is 7.05. The van der Waals surface area contributed by atoms with Gasteiger partial charge in [-0.2, -0.15) is 4.68 Å². The summed E-state index contributed by atoms with van der Waals surface area (Å²) >= 11 is 0. The summed E-state index contributed by atoms with van der Waals surface area (Å²) in [5, 5.41) is 23.2. The first-order valence-corrected chi connectivity index (χ1v) is 4.88. The molecule has 0 aliphatic heterocycles. The lowest BCUT2D eigenvalue weighted by atomic mass is 10.2. The van der Waals surface area contributed by atoms with E-state index in [1.165, 1.54) is 4.68 Å². The Morgan fingerprint density at radius 2 is 2.06 bits per heavy atom. The van der Waals surface area contributed by atoms with Crippen molar-refractivity contribution in [3.05, 3.63) is 35.7 Å². The van der Waals surface area contributed by atoms with Crippen LogP contribution >= 0.6 is 0 Å². The van der Waals surface area contributed by atoms with E-state index in [0.29, 0.717) is 11.4 Å². The lowest BCUT2D eigenvalue weighted by Crippen LogP contribution is -2.17. The largest absolute Gasteiger partial charge is 0.497 e. The predicted molar refractivity (Wildman–Crippen MR) is 59.3 cm³/mol. The molecular formula is C10H11N5O2. The summed E-state index contributed by atoms with van der Waals surface area (Å²) < 4.78 is 6.40. The van der Waals surface area contributed by atoms with Crippen LogP contribution in [0.3, 0.4) is 0 Å². The summed E-state index contributed by atoms with van der Waals surface area (Å²) in [5.74, 6) is 1.52. The van der Waals surface area contributed by atoms with E-state index in [4.69, 9.17) is 9.94 Å². The number of aryl methyl sites for hydroxylation is 1. The van der Waals surface area contributed by atoms with Gasteiger partial charge >= 0.3 is 0 Å². The number of oxime groups is 1. The Balaban J connectivity index is 2.40. The van der Waals surface area contributed by atoms with Gasteiger partial charge in [0.25, 0.3) is 0 Å². The minimum absolute atomic E-state index is 0.259. The van der Waals surface area contributed by atoms with E-state index in [1.807, 2.05) is 0 Å². The maximum atomic E-state index is 9.04. The molecule has 0 unspecified atom stereocenters. The van der Waals surface area contributed by atoms with E-state index in [1.54, 1.807) is 38.3 Å². The van der Waals surface area contributed by atoms with Gasteiger partial charge in [0.05, 0.1) is 7.11 Å². The van der Waals surface area contributed by atoms with Crippen molar-refractivity contribution in [3.8, 4) is 5.75 Å². The van der Waals surface area contributed by atoms with Gasteiger partial charge < -0.3 is 9.94 Å². The lowest BCUT2D eigenvalue weighted by molar-refractivity contribution is 0.316. The highest BCUT2D eigenvalue weighted by Gasteiger charge is 2.11. The zero-order valence-corrected chi connectivity index (χ0v) is 9.40. The molecule has 0 saturated carbocycles. The molecule has 1 aromatic heterocycles. The van der Waals surface area contributed by atoms with Crippen LogP contribution < -0.4 is 4.74 Å². The van der Waals surface area contributed by atoms with Crippen LogP contribution in [0.4, 0.5) is 0 Å². The average molecular weight is 233 g/mol. The fraction of sp³-hybridized carbons (Fsp3) is 0.200. The lowest BCUT2D eigenvalue weighted by Gasteiger charge is -2.05. The van der Waals surface area contributed by atoms with Gasteiger partial charge in [-0.3, -0.25) is 0 Å². The van der Waals surface area contributed by atoms with Gasteiger partial charge in [0, 0.05) is 5.56 Å². The van der Waals surface area contributed by atoms with E-state index in [2.05, 4.69) is 20.7 Å². The molecule has 0 aliphatic carbocycles. The Morgan fingerprint density at radius 3 is 2.53 bits per heavy atom. The zero-order valence-electron chi connectivity index (χ0n) is 9.40. The molecular weight excluding hydrogens is 222 g/mol. The maximum Gasteiger partial charge on any atom is 0.203 e. The minimum Gasteiger partial charge on any atom is -0.497 e. The van der Waals surface area contributed by atoms with Gasteiger partial charge in [0.1, 0.15) is 5.75 Å².